The molecule has 1 aromatic rings. The highest BCUT2D eigenvalue weighted by Crippen LogP contribution is 2.37. The molecule has 17 heavy (non-hydrogen) atoms. The fourth-order valence-corrected chi connectivity index (χ4v) is 2.14. The Morgan fingerprint density at radius 1 is 1.41 bits per heavy atom. The zero-order chi connectivity index (χ0) is 12.8. The second-order valence-electron chi connectivity index (χ2n) is 3.19. The van der Waals surface area contributed by atoms with Crippen LogP contribution in [0.3, 0.4) is 0 Å². The molecule has 0 amide bonds. The van der Waals surface area contributed by atoms with Gasteiger partial charge in [0, 0.05) is 11.3 Å². The lowest BCUT2D eigenvalue weighted by Gasteiger charge is -2.11. The molecule has 0 heterocycles. The van der Waals surface area contributed by atoms with Gasteiger partial charge in [0.05, 0.1) is 19.1 Å². The third kappa shape index (κ3) is 3.42. The molecule has 0 fully saturated rings. The lowest BCUT2D eigenvalue weighted by atomic mass is 10.3. The zero-order valence-corrected chi connectivity index (χ0v) is 10.5. The summed E-state index contributed by atoms with van der Waals surface area (Å²) < 4.78 is 10.4. The molecule has 1 N–H and O–H groups in total. The summed E-state index contributed by atoms with van der Waals surface area (Å²) in [6.45, 7) is 3.47. The maximum atomic E-state index is 10.6. The number of carbonyl (C=O) groups is 1. The fraction of sp³-hybridized carbons (Fsp3) is 0.250. The fourth-order valence-electron chi connectivity index (χ4n) is 1.20. The number of carboxylic acids is 1. The summed E-state index contributed by atoms with van der Waals surface area (Å²) in [6.07, 6.45) is 0. The molecule has 0 aliphatic heterocycles. The lowest BCUT2D eigenvalue weighted by molar-refractivity contribution is -0.132. The number of methoxy groups -OCH3 is 2. The van der Waals surface area contributed by atoms with Crippen molar-refractivity contribution in [1.82, 2.24) is 0 Å². The van der Waals surface area contributed by atoms with Crippen LogP contribution < -0.4 is 9.47 Å². The minimum Gasteiger partial charge on any atom is -0.493 e. The predicted molar refractivity (Wildman–Crippen MR) is 67.0 cm³/mol. The van der Waals surface area contributed by atoms with Crippen LogP contribution in [0.15, 0.2) is 35.2 Å². The standard InChI is InChI=1S/C12H14O4S/c1-8(12(13)14)7-17-10-6-4-5-9(15-2)11(10)16-3/h4-6H,1,7H2,2-3H3,(H,13,14). The number of aliphatic carboxylic acids is 1. The first kappa shape index (κ1) is 13.4. The van der Waals surface area contributed by atoms with E-state index in [9.17, 15) is 4.79 Å². The summed E-state index contributed by atoms with van der Waals surface area (Å²) in [7, 11) is 3.11. The van der Waals surface area contributed by atoms with E-state index < -0.39 is 5.97 Å². The lowest BCUT2D eigenvalue weighted by Crippen LogP contribution is -2.01. The number of rotatable bonds is 6. The van der Waals surface area contributed by atoms with Gasteiger partial charge in [0.15, 0.2) is 11.5 Å². The molecule has 0 saturated heterocycles. The molecule has 1 rings (SSSR count). The van der Waals surface area contributed by atoms with Crippen molar-refractivity contribution in [2.45, 2.75) is 4.90 Å². The smallest absolute Gasteiger partial charge is 0.331 e. The van der Waals surface area contributed by atoms with Crippen molar-refractivity contribution >= 4 is 17.7 Å². The predicted octanol–water partition coefficient (Wildman–Crippen LogP) is 2.44. The third-order valence-electron chi connectivity index (χ3n) is 2.07. The van der Waals surface area contributed by atoms with E-state index in [1.807, 2.05) is 12.1 Å². The Kier molecular flexibility index (Phi) is 4.90. The van der Waals surface area contributed by atoms with Crippen molar-refractivity contribution in [2.24, 2.45) is 0 Å². The van der Waals surface area contributed by atoms with Crippen LogP contribution in [0.25, 0.3) is 0 Å². The monoisotopic (exact) mass is 254 g/mol. The van der Waals surface area contributed by atoms with Crippen LogP contribution in [-0.2, 0) is 4.79 Å². The van der Waals surface area contributed by atoms with Gasteiger partial charge >= 0.3 is 5.97 Å². The van der Waals surface area contributed by atoms with Crippen molar-refractivity contribution < 1.29 is 19.4 Å². The average molecular weight is 254 g/mol. The van der Waals surface area contributed by atoms with Gasteiger partial charge in [-0.05, 0) is 12.1 Å². The van der Waals surface area contributed by atoms with Gasteiger partial charge in [0.2, 0.25) is 0 Å². The van der Waals surface area contributed by atoms with Crippen LogP contribution in [0.5, 0.6) is 11.5 Å². The van der Waals surface area contributed by atoms with Gasteiger partial charge in [-0.2, -0.15) is 0 Å². The minimum absolute atomic E-state index is 0.153. The van der Waals surface area contributed by atoms with Crippen molar-refractivity contribution in [3.05, 3.63) is 30.4 Å². The van der Waals surface area contributed by atoms with Crippen molar-refractivity contribution in [2.75, 3.05) is 20.0 Å². The Labute approximate surface area is 104 Å². The summed E-state index contributed by atoms with van der Waals surface area (Å²) >= 11 is 1.35. The number of thioether (sulfide) groups is 1. The van der Waals surface area contributed by atoms with Gasteiger partial charge in [-0.1, -0.05) is 12.6 Å². The Balaban J connectivity index is 2.84. The van der Waals surface area contributed by atoms with E-state index in [0.29, 0.717) is 17.3 Å². The van der Waals surface area contributed by atoms with E-state index in [-0.39, 0.29) is 5.57 Å². The first-order valence-electron chi connectivity index (χ1n) is 4.85. The first-order chi connectivity index (χ1) is 8.10. The number of para-hydroxylation sites is 1. The number of hydrogen-bond donors (Lipinski definition) is 1. The first-order valence-corrected chi connectivity index (χ1v) is 5.83. The molecule has 0 aromatic heterocycles. The topological polar surface area (TPSA) is 55.8 Å². The van der Waals surface area contributed by atoms with Crippen LogP contribution in [0, 0.1) is 0 Å². The van der Waals surface area contributed by atoms with Crippen molar-refractivity contribution in [1.29, 1.82) is 0 Å². The molecular weight excluding hydrogens is 240 g/mol. The van der Waals surface area contributed by atoms with E-state index in [4.69, 9.17) is 14.6 Å². The molecule has 0 spiro atoms. The molecule has 0 bridgehead atoms. The van der Waals surface area contributed by atoms with Gasteiger partial charge in [0.25, 0.3) is 0 Å². The van der Waals surface area contributed by atoms with E-state index in [1.165, 1.54) is 11.8 Å². The zero-order valence-electron chi connectivity index (χ0n) is 9.73. The van der Waals surface area contributed by atoms with E-state index >= 15 is 0 Å². The Hall–Kier alpha value is -1.62. The molecule has 5 heteroatoms. The second kappa shape index (κ2) is 6.20. The molecule has 4 nitrogen and oxygen atoms in total. The van der Waals surface area contributed by atoms with Gasteiger partial charge < -0.3 is 14.6 Å². The number of hydrogen-bond acceptors (Lipinski definition) is 4. The molecule has 0 aliphatic rings. The number of carboxylic acid groups (broad SMARTS) is 1. The Bertz CT molecular complexity index is 429. The van der Waals surface area contributed by atoms with E-state index in [0.717, 1.165) is 4.90 Å². The SMILES string of the molecule is C=C(CSc1cccc(OC)c1OC)C(=O)O. The molecular formula is C12H14O4S. The molecule has 0 unspecified atom stereocenters. The summed E-state index contributed by atoms with van der Waals surface area (Å²) in [6, 6.07) is 5.46. The minimum atomic E-state index is -0.987. The maximum absolute atomic E-state index is 10.6. The highest BCUT2D eigenvalue weighted by molar-refractivity contribution is 7.99. The third-order valence-corrected chi connectivity index (χ3v) is 3.20. The molecule has 0 radical (unpaired) electrons. The normalized spacial score (nSPS) is 9.76. The molecule has 1 aromatic carbocycles. The summed E-state index contributed by atoms with van der Waals surface area (Å²) in [5, 5.41) is 8.72. The maximum Gasteiger partial charge on any atom is 0.331 e. The van der Waals surface area contributed by atoms with Crippen LogP contribution in [0.4, 0.5) is 0 Å². The van der Waals surface area contributed by atoms with Crippen molar-refractivity contribution in [3.8, 4) is 11.5 Å². The van der Waals surface area contributed by atoms with Gasteiger partial charge in [-0.25, -0.2) is 4.79 Å². The average Bonchev–Trinajstić information content (AvgIpc) is 2.34. The van der Waals surface area contributed by atoms with Crippen molar-refractivity contribution in [3.63, 3.8) is 0 Å². The quantitative estimate of drug-likeness (QED) is 0.624. The molecule has 0 saturated carbocycles. The number of benzene rings is 1. The largest absolute Gasteiger partial charge is 0.493 e. The second-order valence-corrected chi connectivity index (χ2v) is 4.21. The van der Waals surface area contributed by atoms with Crippen LogP contribution >= 0.6 is 11.8 Å². The molecule has 0 aliphatic carbocycles. The molecule has 92 valence electrons. The number of ether oxygens (including phenoxy) is 2. The van der Waals surface area contributed by atoms with Gasteiger partial charge in [-0.15, -0.1) is 11.8 Å². The summed E-state index contributed by atoms with van der Waals surface area (Å²) in [5.41, 5.74) is 0.153. The van der Waals surface area contributed by atoms with Gasteiger partial charge in [-0.3, -0.25) is 0 Å². The summed E-state index contributed by atoms with van der Waals surface area (Å²) in [4.78, 5) is 11.5. The Morgan fingerprint density at radius 2 is 2.12 bits per heavy atom. The highest BCUT2D eigenvalue weighted by Gasteiger charge is 2.11. The van der Waals surface area contributed by atoms with E-state index in [1.54, 1.807) is 20.3 Å². The van der Waals surface area contributed by atoms with Crippen LogP contribution in [0.2, 0.25) is 0 Å². The molecule has 0 atom stereocenters. The highest BCUT2D eigenvalue weighted by atomic mass is 32.2. The van der Waals surface area contributed by atoms with E-state index in [2.05, 4.69) is 6.58 Å². The Morgan fingerprint density at radius 3 is 2.65 bits per heavy atom. The summed E-state index contributed by atoms with van der Waals surface area (Å²) in [5.74, 6) is 0.551. The van der Waals surface area contributed by atoms with Crippen LogP contribution in [-0.4, -0.2) is 31.0 Å². The van der Waals surface area contributed by atoms with Gasteiger partial charge in [0.1, 0.15) is 0 Å². The van der Waals surface area contributed by atoms with Crippen LogP contribution in [0.1, 0.15) is 0 Å².